The lowest BCUT2D eigenvalue weighted by Crippen LogP contribution is -2.33. The largest absolute Gasteiger partial charge is 0.491 e. The summed E-state index contributed by atoms with van der Waals surface area (Å²) in [5.74, 6) is 1.39. The predicted octanol–water partition coefficient (Wildman–Crippen LogP) is 3.97. The van der Waals surface area contributed by atoms with Crippen molar-refractivity contribution in [2.75, 3.05) is 19.7 Å². The van der Waals surface area contributed by atoms with Crippen LogP contribution in [-0.2, 0) is 0 Å². The van der Waals surface area contributed by atoms with Crippen molar-refractivity contribution in [3.05, 3.63) is 28.2 Å². The van der Waals surface area contributed by atoms with Crippen molar-refractivity contribution in [2.24, 2.45) is 5.92 Å². The van der Waals surface area contributed by atoms with E-state index in [9.17, 15) is 0 Å². The van der Waals surface area contributed by atoms with E-state index in [0.717, 1.165) is 35.4 Å². The van der Waals surface area contributed by atoms with Gasteiger partial charge in [-0.1, -0.05) is 11.6 Å². The van der Waals surface area contributed by atoms with Crippen molar-refractivity contribution in [1.29, 1.82) is 0 Å². The van der Waals surface area contributed by atoms with Crippen LogP contribution in [0.25, 0.3) is 5.52 Å². The lowest BCUT2D eigenvalue weighted by atomic mass is 10.0. The number of pyridine rings is 1. The topological polar surface area (TPSA) is 38.6 Å². The molecule has 3 rings (SSSR count). The lowest BCUT2D eigenvalue weighted by Gasteiger charge is -2.23. The van der Waals surface area contributed by atoms with Crippen LogP contribution < -0.4 is 10.1 Å². The van der Waals surface area contributed by atoms with E-state index >= 15 is 0 Å². The van der Waals surface area contributed by atoms with Crippen molar-refractivity contribution in [2.45, 2.75) is 12.8 Å². The smallest absolute Gasteiger partial charge is 0.146 e. The van der Waals surface area contributed by atoms with Crippen LogP contribution in [0.2, 0.25) is 5.15 Å². The van der Waals surface area contributed by atoms with Crippen molar-refractivity contribution in [1.82, 2.24) is 14.7 Å². The summed E-state index contributed by atoms with van der Waals surface area (Å²) in [6.07, 6.45) is 5.90. The number of halogens is 4. The molecule has 2 aromatic rings. The molecule has 1 aliphatic rings. The molecule has 0 radical (unpaired) electrons. The Kier molecular flexibility index (Phi) is 7.57. The molecule has 0 spiro atoms. The van der Waals surface area contributed by atoms with E-state index in [4.69, 9.17) is 16.3 Å². The Balaban J connectivity index is 0.00000110. The van der Waals surface area contributed by atoms with Crippen molar-refractivity contribution in [3.63, 3.8) is 0 Å². The number of hydrogen-bond donors (Lipinski definition) is 1. The zero-order valence-electron chi connectivity index (χ0n) is 11.2. The summed E-state index contributed by atoms with van der Waals surface area (Å²) in [6, 6.07) is 1.91. The molecule has 21 heavy (non-hydrogen) atoms. The molecule has 0 bridgehead atoms. The van der Waals surface area contributed by atoms with Crippen molar-refractivity contribution in [3.8, 4) is 5.75 Å². The molecule has 1 atom stereocenters. The van der Waals surface area contributed by atoms with Crippen LogP contribution in [0.3, 0.4) is 0 Å². The summed E-state index contributed by atoms with van der Waals surface area (Å²) in [4.78, 5) is 4.12. The fourth-order valence-corrected chi connectivity index (χ4v) is 2.98. The lowest BCUT2D eigenvalue weighted by molar-refractivity contribution is 0.220. The number of fused-ring (bicyclic) bond motifs is 1. The van der Waals surface area contributed by atoms with E-state index in [2.05, 4.69) is 26.2 Å². The van der Waals surface area contributed by atoms with E-state index in [1.54, 1.807) is 12.5 Å². The number of hydrogen-bond acceptors (Lipinski definition) is 3. The molecule has 3 heterocycles. The van der Waals surface area contributed by atoms with E-state index in [0.29, 0.717) is 11.1 Å². The molecule has 0 unspecified atom stereocenters. The first-order valence-corrected chi connectivity index (χ1v) is 7.56. The summed E-state index contributed by atoms with van der Waals surface area (Å²) < 4.78 is 8.60. The highest BCUT2D eigenvalue weighted by Crippen LogP contribution is 2.31. The quantitative estimate of drug-likeness (QED) is 0.768. The van der Waals surface area contributed by atoms with Gasteiger partial charge >= 0.3 is 0 Å². The molecule has 118 valence electrons. The van der Waals surface area contributed by atoms with Crippen LogP contribution >= 0.6 is 52.3 Å². The average Bonchev–Trinajstić information content (AvgIpc) is 2.92. The highest BCUT2D eigenvalue weighted by atomic mass is 79.9. The summed E-state index contributed by atoms with van der Waals surface area (Å²) in [7, 11) is 0. The Labute approximate surface area is 149 Å². The Morgan fingerprint density at radius 2 is 2.29 bits per heavy atom. The molecule has 8 heteroatoms. The van der Waals surface area contributed by atoms with Gasteiger partial charge in [-0.25, -0.2) is 4.98 Å². The second-order valence-electron chi connectivity index (χ2n) is 4.82. The normalized spacial score (nSPS) is 17.9. The monoisotopic (exact) mass is 415 g/mol. The van der Waals surface area contributed by atoms with E-state index < -0.39 is 0 Å². The van der Waals surface area contributed by atoms with Gasteiger partial charge in [0.2, 0.25) is 0 Å². The third-order valence-corrected chi connectivity index (χ3v) is 4.65. The zero-order valence-corrected chi connectivity index (χ0v) is 15.2. The Morgan fingerprint density at radius 3 is 3.00 bits per heavy atom. The maximum atomic E-state index is 6.20. The van der Waals surface area contributed by atoms with E-state index in [1.165, 1.54) is 12.8 Å². The zero-order chi connectivity index (χ0) is 13.2. The van der Waals surface area contributed by atoms with Crippen LogP contribution in [0.1, 0.15) is 12.8 Å². The second-order valence-corrected chi connectivity index (χ2v) is 6.03. The molecule has 0 aromatic carbocycles. The summed E-state index contributed by atoms with van der Waals surface area (Å²) in [5.41, 5.74) is 0.900. The minimum Gasteiger partial charge on any atom is -0.491 e. The third-order valence-electron chi connectivity index (χ3n) is 3.43. The SMILES string of the molecule is Cl.Cl.Clc1c(Br)cc(OC[C@@H]2CCCNC2)c2cncn12. The number of ether oxygens (including phenoxy) is 1. The molecule has 1 aliphatic heterocycles. The second kappa shape index (κ2) is 8.44. The number of nitrogens with zero attached hydrogens (tertiary/aromatic N) is 2. The Hall–Kier alpha value is -0.200. The number of rotatable bonds is 3. The first kappa shape index (κ1) is 18.8. The molecule has 1 fully saturated rings. The van der Waals surface area contributed by atoms with Gasteiger partial charge in [0, 0.05) is 12.5 Å². The van der Waals surface area contributed by atoms with Crippen molar-refractivity contribution < 1.29 is 4.74 Å². The molecule has 1 saturated heterocycles. The van der Waals surface area contributed by atoms with Gasteiger partial charge < -0.3 is 10.1 Å². The van der Waals surface area contributed by atoms with Crippen LogP contribution in [-0.4, -0.2) is 29.1 Å². The number of imidazole rings is 1. The van der Waals surface area contributed by atoms with Gasteiger partial charge in [-0.3, -0.25) is 4.40 Å². The van der Waals surface area contributed by atoms with Crippen molar-refractivity contribution >= 4 is 57.9 Å². The molecule has 0 saturated carbocycles. The first-order chi connectivity index (χ1) is 9.25. The fourth-order valence-electron chi connectivity index (χ4n) is 2.39. The highest BCUT2D eigenvalue weighted by molar-refractivity contribution is 9.10. The van der Waals surface area contributed by atoms with Gasteiger partial charge in [-0.2, -0.15) is 0 Å². The Morgan fingerprint density at radius 1 is 1.48 bits per heavy atom. The number of aromatic nitrogens is 2. The fraction of sp³-hybridized carbons (Fsp3) is 0.462. The van der Waals surface area contributed by atoms with Gasteiger partial charge in [-0.05, 0) is 41.4 Å². The number of nitrogens with one attached hydrogen (secondary N) is 1. The maximum absolute atomic E-state index is 6.20. The summed E-state index contributed by atoms with van der Waals surface area (Å²) in [5, 5.41) is 4.01. The molecule has 0 amide bonds. The van der Waals surface area contributed by atoms with Gasteiger partial charge in [0.25, 0.3) is 0 Å². The minimum atomic E-state index is 0. The third kappa shape index (κ3) is 4.17. The van der Waals surface area contributed by atoms with Gasteiger partial charge in [-0.15, -0.1) is 24.8 Å². The molecular weight excluding hydrogens is 400 g/mol. The average molecular weight is 418 g/mol. The van der Waals surface area contributed by atoms with E-state index in [1.807, 2.05) is 10.5 Å². The van der Waals surface area contributed by atoms with Gasteiger partial charge in [0.15, 0.2) is 0 Å². The minimum absolute atomic E-state index is 0. The summed E-state index contributed by atoms with van der Waals surface area (Å²) >= 11 is 9.64. The van der Waals surface area contributed by atoms with Gasteiger partial charge in [0.1, 0.15) is 22.7 Å². The highest BCUT2D eigenvalue weighted by Gasteiger charge is 2.15. The maximum Gasteiger partial charge on any atom is 0.146 e. The van der Waals surface area contributed by atoms with Crippen LogP contribution in [0.4, 0.5) is 0 Å². The molecule has 4 nitrogen and oxygen atoms in total. The first-order valence-electron chi connectivity index (χ1n) is 6.39. The standard InChI is InChI=1S/C13H15BrClN3O.2ClH/c14-10-4-12(11-6-17-8-18(11)13(10)15)19-7-9-2-1-3-16-5-9;;/h4,6,8-9,16H,1-3,5,7H2;2*1H/t9-;;/m1../s1. The Bertz CT molecular complexity index is 587. The molecule has 0 aliphatic carbocycles. The van der Waals surface area contributed by atoms with Crippen LogP contribution in [0, 0.1) is 5.92 Å². The summed E-state index contributed by atoms with van der Waals surface area (Å²) in [6.45, 7) is 2.88. The molecular formula is C13H17BrCl3N3O. The molecule has 2 aromatic heterocycles. The van der Waals surface area contributed by atoms with E-state index in [-0.39, 0.29) is 24.8 Å². The predicted molar refractivity (Wildman–Crippen MR) is 93.5 cm³/mol. The molecule has 1 N–H and O–H groups in total. The van der Waals surface area contributed by atoms with Gasteiger partial charge in [0.05, 0.1) is 17.3 Å². The van der Waals surface area contributed by atoms with Crippen LogP contribution in [0.15, 0.2) is 23.1 Å². The number of piperidine rings is 1. The van der Waals surface area contributed by atoms with Crippen LogP contribution in [0.5, 0.6) is 5.75 Å².